The zero-order valence-corrected chi connectivity index (χ0v) is 14.2. The molecule has 0 radical (unpaired) electrons. The minimum atomic E-state index is -0.143. The second-order valence-electron chi connectivity index (χ2n) is 6.26. The molecular weight excluding hydrogens is 306 g/mol. The molecule has 0 aromatic carbocycles. The second kappa shape index (κ2) is 7.51. The molecule has 0 saturated carbocycles. The SMILES string of the molecule is CCC[C@@H](C)C(=O)N1CCCC[C@H]1c1nc(-c2ncccn2)no1. The first-order valence-corrected chi connectivity index (χ1v) is 8.62. The summed E-state index contributed by atoms with van der Waals surface area (Å²) in [5.41, 5.74) is 0. The van der Waals surface area contributed by atoms with E-state index in [1.807, 2.05) is 11.8 Å². The van der Waals surface area contributed by atoms with Gasteiger partial charge in [-0.05, 0) is 31.7 Å². The van der Waals surface area contributed by atoms with Gasteiger partial charge >= 0.3 is 0 Å². The highest BCUT2D eigenvalue weighted by Crippen LogP contribution is 2.32. The average Bonchev–Trinajstić information content (AvgIpc) is 3.12. The standard InChI is InChI=1S/C17H23N5O2/c1-3-7-12(2)17(23)22-11-5-4-8-13(22)16-20-15(21-24-16)14-18-9-6-10-19-14/h6,9-10,12-13H,3-5,7-8,11H2,1-2H3/t12-,13+/m1/s1. The van der Waals surface area contributed by atoms with E-state index < -0.39 is 0 Å². The quantitative estimate of drug-likeness (QED) is 0.838. The predicted molar refractivity (Wildman–Crippen MR) is 87.7 cm³/mol. The van der Waals surface area contributed by atoms with E-state index in [1.54, 1.807) is 18.5 Å². The molecule has 2 aromatic heterocycles. The maximum absolute atomic E-state index is 12.8. The average molecular weight is 329 g/mol. The van der Waals surface area contributed by atoms with Crippen molar-refractivity contribution >= 4 is 5.91 Å². The number of amides is 1. The van der Waals surface area contributed by atoms with Crippen molar-refractivity contribution in [2.24, 2.45) is 5.92 Å². The number of nitrogens with zero attached hydrogens (tertiary/aromatic N) is 5. The summed E-state index contributed by atoms with van der Waals surface area (Å²) in [5.74, 6) is 1.48. The van der Waals surface area contributed by atoms with Crippen molar-refractivity contribution in [3.8, 4) is 11.6 Å². The van der Waals surface area contributed by atoms with Crippen LogP contribution in [-0.4, -0.2) is 37.5 Å². The highest BCUT2D eigenvalue weighted by molar-refractivity contribution is 5.79. The lowest BCUT2D eigenvalue weighted by molar-refractivity contribution is -0.139. The van der Waals surface area contributed by atoms with Crippen LogP contribution < -0.4 is 0 Å². The van der Waals surface area contributed by atoms with Crippen LogP contribution in [0.2, 0.25) is 0 Å². The lowest BCUT2D eigenvalue weighted by Gasteiger charge is -2.35. The Balaban J connectivity index is 1.81. The van der Waals surface area contributed by atoms with Crippen molar-refractivity contribution < 1.29 is 9.32 Å². The first-order valence-electron chi connectivity index (χ1n) is 8.62. The van der Waals surface area contributed by atoms with Crippen LogP contribution in [0, 0.1) is 5.92 Å². The summed E-state index contributed by atoms with van der Waals surface area (Å²) in [6.07, 6.45) is 8.10. The molecule has 1 aliphatic heterocycles. The molecular formula is C17H23N5O2. The number of rotatable bonds is 5. The summed E-state index contributed by atoms with van der Waals surface area (Å²) in [6, 6.07) is 1.59. The zero-order valence-electron chi connectivity index (χ0n) is 14.2. The van der Waals surface area contributed by atoms with Crippen molar-refractivity contribution in [2.45, 2.75) is 52.0 Å². The lowest BCUT2D eigenvalue weighted by Crippen LogP contribution is -2.41. The summed E-state index contributed by atoms with van der Waals surface area (Å²) in [4.78, 5) is 27.4. The molecule has 1 amide bonds. The number of hydrogen-bond acceptors (Lipinski definition) is 6. The van der Waals surface area contributed by atoms with E-state index in [4.69, 9.17) is 4.52 Å². The van der Waals surface area contributed by atoms with Crippen molar-refractivity contribution in [2.75, 3.05) is 6.54 Å². The molecule has 2 atom stereocenters. The molecule has 1 aliphatic rings. The molecule has 3 heterocycles. The van der Waals surface area contributed by atoms with Gasteiger partial charge in [-0.2, -0.15) is 4.98 Å². The van der Waals surface area contributed by atoms with E-state index in [-0.39, 0.29) is 17.9 Å². The number of piperidine rings is 1. The van der Waals surface area contributed by atoms with Gasteiger partial charge in [-0.25, -0.2) is 9.97 Å². The fraction of sp³-hybridized carbons (Fsp3) is 0.588. The fourth-order valence-corrected chi connectivity index (χ4v) is 3.17. The summed E-state index contributed by atoms with van der Waals surface area (Å²) in [6.45, 7) is 4.84. The second-order valence-corrected chi connectivity index (χ2v) is 6.26. The first kappa shape index (κ1) is 16.5. The minimum absolute atomic E-state index is 0.0236. The van der Waals surface area contributed by atoms with Crippen LogP contribution in [0.4, 0.5) is 0 Å². The Hall–Kier alpha value is -2.31. The fourth-order valence-electron chi connectivity index (χ4n) is 3.17. The van der Waals surface area contributed by atoms with Gasteiger partial charge in [-0.3, -0.25) is 4.79 Å². The number of hydrogen-bond donors (Lipinski definition) is 0. The van der Waals surface area contributed by atoms with E-state index in [2.05, 4.69) is 27.0 Å². The zero-order chi connectivity index (χ0) is 16.9. The molecule has 24 heavy (non-hydrogen) atoms. The highest BCUT2D eigenvalue weighted by atomic mass is 16.5. The summed E-state index contributed by atoms with van der Waals surface area (Å²) in [7, 11) is 0. The van der Waals surface area contributed by atoms with Gasteiger partial charge in [-0.1, -0.05) is 25.4 Å². The van der Waals surface area contributed by atoms with Crippen LogP contribution in [0.15, 0.2) is 23.0 Å². The third kappa shape index (κ3) is 3.44. The van der Waals surface area contributed by atoms with Gasteiger partial charge in [0.15, 0.2) is 0 Å². The van der Waals surface area contributed by atoms with E-state index in [9.17, 15) is 4.79 Å². The van der Waals surface area contributed by atoms with E-state index in [0.717, 1.165) is 38.6 Å². The Bertz CT molecular complexity index is 673. The smallest absolute Gasteiger partial charge is 0.249 e. The van der Waals surface area contributed by atoms with Gasteiger partial charge < -0.3 is 9.42 Å². The predicted octanol–water partition coefficient (Wildman–Crippen LogP) is 3.02. The van der Waals surface area contributed by atoms with Crippen LogP contribution in [0.5, 0.6) is 0 Å². The molecule has 7 nitrogen and oxygen atoms in total. The topological polar surface area (TPSA) is 85.0 Å². The Morgan fingerprint density at radius 3 is 2.88 bits per heavy atom. The van der Waals surface area contributed by atoms with Crippen molar-refractivity contribution in [3.05, 3.63) is 24.4 Å². The molecule has 128 valence electrons. The molecule has 3 rings (SSSR count). The summed E-state index contributed by atoms with van der Waals surface area (Å²) in [5, 5.41) is 3.99. The molecule has 1 saturated heterocycles. The van der Waals surface area contributed by atoms with Crippen molar-refractivity contribution in [1.82, 2.24) is 25.0 Å². The van der Waals surface area contributed by atoms with E-state index in [0.29, 0.717) is 17.5 Å². The third-order valence-electron chi connectivity index (χ3n) is 4.42. The summed E-state index contributed by atoms with van der Waals surface area (Å²) >= 11 is 0. The molecule has 0 unspecified atom stereocenters. The maximum atomic E-state index is 12.8. The largest absolute Gasteiger partial charge is 0.337 e. The molecule has 0 bridgehead atoms. The van der Waals surface area contributed by atoms with Crippen LogP contribution in [0.3, 0.4) is 0 Å². The number of likely N-dealkylation sites (tertiary alicyclic amines) is 1. The Morgan fingerprint density at radius 1 is 1.33 bits per heavy atom. The Morgan fingerprint density at radius 2 is 2.12 bits per heavy atom. The van der Waals surface area contributed by atoms with E-state index in [1.165, 1.54) is 0 Å². The van der Waals surface area contributed by atoms with Crippen molar-refractivity contribution in [1.29, 1.82) is 0 Å². The normalized spacial score (nSPS) is 19.2. The minimum Gasteiger partial charge on any atom is -0.337 e. The van der Waals surface area contributed by atoms with Gasteiger partial charge in [0.05, 0.1) is 0 Å². The molecule has 2 aromatic rings. The molecule has 0 spiro atoms. The third-order valence-corrected chi connectivity index (χ3v) is 4.42. The molecule has 7 heteroatoms. The van der Waals surface area contributed by atoms with Crippen molar-refractivity contribution in [3.63, 3.8) is 0 Å². The van der Waals surface area contributed by atoms with Crippen LogP contribution in [-0.2, 0) is 4.79 Å². The lowest BCUT2D eigenvalue weighted by atomic mass is 9.97. The molecule has 1 fully saturated rings. The van der Waals surface area contributed by atoms with Gasteiger partial charge in [0.2, 0.25) is 23.4 Å². The number of carbonyl (C=O) groups excluding carboxylic acids is 1. The Labute approximate surface area is 141 Å². The maximum Gasteiger partial charge on any atom is 0.249 e. The van der Waals surface area contributed by atoms with Gasteiger partial charge in [0, 0.05) is 24.9 Å². The summed E-state index contributed by atoms with van der Waals surface area (Å²) < 4.78 is 5.44. The number of carbonyl (C=O) groups is 1. The molecule has 0 N–H and O–H groups in total. The Kier molecular flexibility index (Phi) is 5.17. The van der Waals surface area contributed by atoms with Crippen LogP contribution in [0.1, 0.15) is 57.9 Å². The van der Waals surface area contributed by atoms with Gasteiger partial charge in [0.1, 0.15) is 6.04 Å². The highest BCUT2D eigenvalue weighted by Gasteiger charge is 2.34. The number of aromatic nitrogens is 4. The first-order chi connectivity index (χ1) is 11.7. The monoisotopic (exact) mass is 329 g/mol. The molecule has 0 aliphatic carbocycles. The van der Waals surface area contributed by atoms with Crippen LogP contribution >= 0.6 is 0 Å². The van der Waals surface area contributed by atoms with Crippen LogP contribution in [0.25, 0.3) is 11.6 Å². The van der Waals surface area contributed by atoms with E-state index >= 15 is 0 Å². The van der Waals surface area contributed by atoms with Gasteiger partial charge in [-0.15, -0.1) is 0 Å². The van der Waals surface area contributed by atoms with Gasteiger partial charge in [0.25, 0.3) is 0 Å².